The van der Waals surface area contributed by atoms with Crippen LogP contribution in [0.5, 0.6) is 11.5 Å². The van der Waals surface area contributed by atoms with Gasteiger partial charge in [0, 0.05) is 16.3 Å². The molecule has 0 aliphatic heterocycles. The van der Waals surface area contributed by atoms with Crippen LogP contribution in [0.1, 0.15) is 31.8 Å². The summed E-state index contributed by atoms with van der Waals surface area (Å²) in [7, 11) is 0. The maximum atomic E-state index is 13.0. The summed E-state index contributed by atoms with van der Waals surface area (Å²) >= 11 is 1.22. The molecule has 6 nitrogen and oxygen atoms in total. The molecular weight excluding hydrogens is 364 g/mol. The Hall–Kier alpha value is -3.45. The number of phenols is 2. The van der Waals surface area contributed by atoms with Gasteiger partial charge in [0.1, 0.15) is 11.5 Å². The van der Waals surface area contributed by atoms with E-state index < -0.39 is 11.6 Å². The minimum atomic E-state index is -0.646. The summed E-state index contributed by atoms with van der Waals surface area (Å²) in [5, 5.41) is 20.8. The number of nitrogens with two attached hydrogens (primary N) is 2. The van der Waals surface area contributed by atoms with Crippen LogP contribution in [0.25, 0.3) is 0 Å². The van der Waals surface area contributed by atoms with E-state index in [1.54, 1.807) is 0 Å². The third kappa shape index (κ3) is 2.51. The third-order valence-corrected chi connectivity index (χ3v) is 5.43. The molecule has 0 saturated heterocycles. The fourth-order valence-corrected chi connectivity index (χ4v) is 4.09. The lowest BCUT2D eigenvalue weighted by Gasteiger charge is -2.23. The minimum Gasteiger partial charge on any atom is -0.507 e. The van der Waals surface area contributed by atoms with Crippen molar-refractivity contribution in [3.8, 4) is 11.5 Å². The number of anilines is 2. The summed E-state index contributed by atoms with van der Waals surface area (Å²) in [4.78, 5) is 27.1. The van der Waals surface area contributed by atoms with Crippen LogP contribution in [0.4, 0.5) is 11.4 Å². The van der Waals surface area contributed by atoms with Gasteiger partial charge in [-0.1, -0.05) is 30.0 Å². The molecule has 27 heavy (non-hydrogen) atoms. The van der Waals surface area contributed by atoms with Gasteiger partial charge in [-0.15, -0.1) is 0 Å². The van der Waals surface area contributed by atoms with Crippen LogP contribution in [0, 0.1) is 0 Å². The average Bonchev–Trinajstić information content (AvgIpc) is 2.65. The maximum absolute atomic E-state index is 13.0. The number of aromatic hydroxyl groups is 2. The van der Waals surface area contributed by atoms with Crippen molar-refractivity contribution < 1.29 is 19.8 Å². The molecule has 0 fully saturated rings. The summed E-state index contributed by atoms with van der Waals surface area (Å²) in [6.45, 7) is 0. The van der Waals surface area contributed by atoms with Gasteiger partial charge in [0.25, 0.3) is 0 Å². The molecule has 3 aromatic carbocycles. The minimum absolute atomic E-state index is 0.0471. The number of benzene rings is 3. The molecule has 7 heteroatoms. The second-order valence-electron chi connectivity index (χ2n) is 6.06. The van der Waals surface area contributed by atoms with Crippen LogP contribution in [-0.4, -0.2) is 21.8 Å². The molecule has 0 aromatic heterocycles. The smallest absolute Gasteiger partial charge is 0.200 e. The molecule has 0 saturated carbocycles. The van der Waals surface area contributed by atoms with E-state index in [1.165, 1.54) is 30.0 Å². The molecule has 0 atom stereocenters. The molecule has 0 unspecified atom stereocenters. The first-order chi connectivity index (χ1) is 12.9. The normalized spacial score (nSPS) is 12.6. The number of hydrogen-bond acceptors (Lipinski definition) is 7. The second kappa shape index (κ2) is 6.07. The molecule has 6 N–H and O–H groups in total. The quantitative estimate of drug-likeness (QED) is 0.312. The van der Waals surface area contributed by atoms with Gasteiger partial charge < -0.3 is 21.7 Å². The van der Waals surface area contributed by atoms with Gasteiger partial charge in [0.2, 0.25) is 11.6 Å². The van der Waals surface area contributed by atoms with Gasteiger partial charge in [-0.2, -0.15) is 0 Å². The second-order valence-corrected chi connectivity index (χ2v) is 7.18. The van der Waals surface area contributed by atoms with Gasteiger partial charge >= 0.3 is 0 Å². The Kier molecular flexibility index (Phi) is 3.82. The summed E-state index contributed by atoms with van der Waals surface area (Å²) < 4.78 is 0. The number of ketones is 2. The molecule has 0 heterocycles. The summed E-state index contributed by atoms with van der Waals surface area (Å²) in [5.74, 6) is -1.98. The zero-order chi connectivity index (χ0) is 19.3. The highest BCUT2D eigenvalue weighted by atomic mass is 32.2. The highest BCUT2D eigenvalue weighted by molar-refractivity contribution is 7.99. The first-order valence-corrected chi connectivity index (χ1v) is 8.81. The highest BCUT2D eigenvalue weighted by Crippen LogP contribution is 2.46. The van der Waals surface area contributed by atoms with E-state index in [0.29, 0.717) is 4.90 Å². The zero-order valence-electron chi connectivity index (χ0n) is 13.9. The van der Waals surface area contributed by atoms with Crippen molar-refractivity contribution in [2.75, 3.05) is 11.5 Å². The lowest BCUT2D eigenvalue weighted by Crippen LogP contribution is -2.24. The van der Waals surface area contributed by atoms with E-state index in [1.807, 2.05) is 30.3 Å². The van der Waals surface area contributed by atoms with E-state index in [2.05, 4.69) is 0 Å². The van der Waals surface area contributed by atoms with Crippen molar-refractivity contribution in [1.82, 2.24) is 0 Å². The van der Waals surface area contributed by atoms with Gasteiger partial charge in [-0.3, -0.25) is 9.59 Å². The topological polar surface area (TPSA) is 127 Å². The van der Waals surface area contributed by atoms with E-state index in [4.69, 9.17) is 11.5 Å². The fourth-order valence-electron chi connectivity index (χ4n) is 3.16. The number of carbonyl (C=O) groups is 2. The van der Waals surface area contributed by atoms with Crippen LogP contribution < -0.4 is 11.5 Å². The maximum Gasteiger partial charge on any atom is 0.200 e. The molecule has 1 aliphatic rings. The molecule has 1 aliphatic carbocycles. The Morgan fingerprint density at radius 1 is 0.741 bits per heavy atom. The van der Waals surface area contributed by atoms with Crippen molar-refractivity contribution in [2.45, 2.75) is 9.79 Å². The lowest BCUT2D eigenvalue weighted by atomic mass is 9.81. The van der Waals surface area contributed by atoms with E-state index >= 15 is 0 Å². The van der Waals surface area contributed by atoms with Crippen molar-refractivity contribution in [1.29, 1.82) is 0 Å². The molecule has 0 spiro atoms. The summed E-state index contributed by atoms with van der Waals surface area (Å²) in [6.07, 6.45) is 0. The van der Waals surface area contributed by atoms with Crippen molar-refractivity contribution in [3.05, 3.63) is 70.8 Å². The van der Waals surface area contributed by atoms with Crippen LogP contribution in [-0.2, 0) is 0 Å². The molecule has 0 radical (unpaired) electrons. The molecule has 3 aromatic rings. The number of nitrogen functional groups attached to an aromatic ring is 2. The van der Waals surface area contributed by atoms with Gasteiger partial charge in [-0.25, -0.2) is 0 Å². The standard InChI is InChI=1S/C20H14N2O4S/c21-10-6-7-12(23)16-14(10)20(26)17-15(19(16)25)11(22)8-13(18(17)24)27-9-4-2-1-3-5-9/h1-8,23-24H,21-22H2. The third-order valence-electron chi connectivity index (χ3n) is 4.39. The number of rotatable bonds is 2. The van der Waals surface area contributed by atoms with Crippen LogP contribution >= 0.6 is 11.8 Å². The number of carbonyl (C=O) groups excluding carboxylic acids is 2. The molecular formula is C20H14N2O4S. The number of hydrogen-bond donors (Lipinski definition) is 4. The SMILES string of the molecule is Nc1ccc(O)c2c1C(=O)c1c(O)c(Sc3ccccc3)cc(N)c1C2=O. The van der Waals surface area contributed by atoms with E-state index in [9.17, 15) is 19.8 Å². The largest absolute Gasteiger partial charge is 0.507 e. The first-order valence-electron chi connectivity index (χ1n) is 7.99. The first kappa shape index (κ1) is 17.0. The Morgan fingerprint density at radius 3 is 2.07 bits per heavy atom. The Labute approximate surface area is 158 Å². The average molecular weight is 378 g/mol. The van der Waals surface area contributed by atoms with Crippen molar-refractivity contribution in [2.24, 2.45) is 0 Å². The van der Waals surface area contributed by atoms with Crippen LogP contribution in [0.3, 0.4) is 0 Å². The van der Waals surface area contributed by atoms with Crippen LogP contribution in [0.15, 0.2) is 58.3 Å². The molecule has 0 bridgehead atoms. The lowest BCUT2D eigenvalue weighted by molar-refractivity contribution is 0.0975. The summed E-state index contributed by atoms with van der Waals surface area (Å²) in [5.41, 5.74) is 11.4. The Morgan fingerprint density at radius 2 is 1.37 bits per heavy atom. The number of fused-ring (bicyclic) bond motifs is 2. The Balaban J connectivity index is 1.94. The molecule has 134 valence electrons. The molecule has 4 rings (SSSR count). The fraction of sp³-hybridized carbons (Fsp3) is 0. The highest BCUT2D eigenvalue weighted by Gasteiger charge is 2.38. The predicted molar refractivity (Wildman–Crippen MR) is 102 cm³/mol. The van der Waals surface area contributed by atoms with Crippen LogP contribution in [0.2, 0.25) is 0 Å². The van der Waals surface area contributed by atoms with Gasteiger partial charge in [-0.05, 0) is 30.3 Å². The van der Waals surface area contributed by atoms with Gasteiger partial charge in [0.05, 0.1) is 27.1 Å². The monoisotopic (exact) mass is 378 g/mol. The zero-order valence-corrected chi connectivity index (χ0v) is 14.7. The number of phenolic OH excluding ortho intramolecular Hbond substituents is 2. The predicted octanol–water partition coefficient (Wildman–Crippen LogP) is 3.19. The summed E-state index contributed by atoms with van der Waals surface area (Å²) in [6, 6.07) is 13.3. The van der Waals surface area contributed by atoms with E-state index in [0.717, 1.165) is 4.90 Å². The molecule has 0 amide bonds. The van der Waals surface area contributed by atoms with Gasteiger partial charge in [0.15, 0.2) is 0 Å². The van der Waals surface area contributed by atoms with Crippen molar-refractivity contribution in [3.63, 3.8) is 0 Å². The van der Waals surface area contributed by atoms with E-state index in [-0.39, 0.29) is 45.1 Å². The van der Waals surface area contributed by atoms with Crippen molar-refractivity contribution >= 4 is 34.7 Å². The Bertz CT molecular complexity index is 1130.